The molecule has 0 saturated heterocycles. The van der Waals surface area contributed by atoms with Gasteiger partial charge in [0.25, 0.3) is 0 Å². The summed E-state index contributed by atoms with van der Waals surface area (Å²) in [6, 6.07) is 0.146. The lowest BCUT2D eigenvalue weighted by Gasteiger charge is -2.39. The van der Waals surface area contributed by atoms with Crippen LogP contribution in [0.1, 0.15) is 37.9 Å². The Bertz CT molecular complexity index is 527. The highest BCUT2D eigenvalue weighted by Gasteiger charge is 2.39. The lowest BCUT2D eigenvalue weighted by molar-refractivity contribution is 0.315. The molecular weight excluding hydrogens is 278 g/mol. The molecule has 1 atom stereocenters. The predicted octanol–water partition coefficient (Wildman–Crippen LogP) is 3.31. The smallest absolute Gasteiger partial charge is 0.183 e. The number of nitrogens with one attached hydrogen (secondary N) is 1. The third-order valence-electron chi connectivity index (χ3n) is 3.92. The molecule has 0 amide bonds. The quantitative estimate of drug-likeness (QED) is 0.929. The minimum Gasteiger partial charge on any atom is -0.495 e. The van der Waals surface area contributed by atoms with Gasteiger partial charge in [-0.3, -0.25) is 0 Å². The second-order valence-electron chi connectivity index (χ2n) is 5.69. The summed E-state index contributed by atoms with van der Waals surface area (Å²) in [5.41, 5.74) is 2.05. The van der Waals surface area contributed by atoms with E-state index in [0.717, 1.165) is 17.7 Å². The summed E-state index contributed by atoms with van der Waals surface area (Å²) in [6.45, 7) is 7.28. The van der Waals surface area contributed by atoms with E-state index in [9.17, 15) is 0 Å². The zero-order valence-corrected chi connectivity index (χ0v) is 13.6. The number of ether oxygens (including phenoxy) is 3. The number of methoxy groups -OCH3 is 3. The van der Waals surface area contributed by atoms with Crippen molar-refractivity contribution >= 4 is 11.6 Å². The number of halogens is 1. The molecule has 1 unspecified atom stereocenters. The van der Waals surface area contributed by atoms with Crippen molar-refractivity contribution in [1.82, 2.24) is 5.32 Å². The topological polar surface area (TPSA) is 39.7 Å². The van der Waals surface area contributed by atoms with E-state index >= 15 is 0 Å². The summed E-state index contributed by atoms with van der Waals surface area (Å²) in [4.78, 5) is 0. The van der Waals surface area contributed by atoms with Crippen LogP contribution in [0, 0.1) is 0 Å². The van der Waals surface area contributed by atoms with Crippen molar-refractivity contribution in [3.63, 3.8) is 0 Å². The maximum absolute atomic E-state index is 6.45. The third kappa shape index (κ3) is 2.11. The SMILES string of the molecule is COc1c(Cl)c(OC)c2c(c1OC)C(C)NCC2(C)C. The van der Waals surface area contributed by atoms with Crippen molar-refractivity contribution in [2.24, 2.45) is 0 Å². The van der Waals surface area contributed by atoms with Gasteiger partial charge in [-0.05, 0) is 6.92 Å². The van der Waals surface area contributed by atoms with Crippen molar-refractivity contribution in [2.45, 2.75) is 32.2 Å². The predicted molar refractivity (Wildman–Crippen MR) is 80.6 cm³/mol. The van der Waals surface area contributed by atoms with Gasteiger partial charge in [0.15, 0.2) is 11.5 Å². The van der Waals surface area contributed by atoms with Crippen molar-refractivity contribution < 1.29 is 14.2 Å². The molecule has 0 spiro atoms. The molecule has 0 fully saturated rings. The third-order valence-corrected chi connectivity index (χ3v) is 4.26. The fourth-order valence-corrected chi connectivity index (χ4v) is 3.27. The maximum atomic E-state index is 6.45. The van der Waals surface area contributed by atoms with E-state index in [4.69, 9.17) is 25.8 Å². The summed E-state index contributed by atoms with van der Waals surface area (Å²) in [7, 11) is 4.85. The zero-order valence-electron chi connectivity index (χ0n) is 12.9. The number of rotatable bonds is 3. The van der Waals surface area contributed by atoms with Crippen LogP contribution in [0.2, 0.25) is 5.02 Å². The van der Waals surface area contributed by atoms with Gasteiger partial charge in [-0.1, -0.05) is 25.4 Å². The highest BCUT2D eigenvalue weighted by molar-refractivity contribution is 6.34. The minimum atomic E-state index is -0.101. The van der Waals surface area contributed by atoms with Crippen LogP contribution in [-0.2, 0) is 5.41 Å². The summed E-state index contributed by atoms with van der Waals surface area (Å²) < 4.78 is 16.6. The molecule has 0 saturated carbocycles. The number of benzene rings is 1. The van der Waals surface area contributed by atoms with E-state index in [-0.39, 0.29) is 11.5 Å². The zero-order chi connectivity index (χ0) is 15.1. The molecule has 0 radical (unpaired) electrons. The van der Waals surface area contributed by atoms with E-state index in [1.807, 2.05) is 0 Å². The van der Waals surface area contributed by atoms with Crippen LogP contribution in [-0.4, -0.2) is 27.9 Å². The highest BCUT2D eigenvalue weighted by Crippen LogP contribution is 2.53. The molecule has 112 valence electrons. The van der Waals surface area contributed by atoms with E-state index in [0.29, 0.717) is 22.3 Å². The summed E-state index contributed by atoms with van der Waals surface area (Å²) in [6.07, 6.45) is 0. The molecule has 1 aliphatic heterocycles. The summed E-state index contributed by atoms with van der Waals surface area (Å²) >= 11 is 6.45. The van der Waals surface area contributed by atoms with Crippen LogP contribution in [0.3, 0.4) is 0 Å². The van der Waals surface area contributed by atoms with Gasteiger partial charge in [-0.15, -0.1) is 0 Å². The Balaban J connectivity index is 2.90. The van der Waals surface area contributed by atoms with Gasteiger partial charge in [-0.25, -0.2) is 0 Å². The van der Waals surface area contributed by atoms with Crippen LogP contribution in [0.5, 0.6) is 17.2 Å². The number of hydrogen-bond acceptors (Lipinski definition) is 4. The lowest BCUT2D eigenvalue weighted by atomic mass is 9.76. The molecule has 20 heavy (non-hydrogen) atoms. The van der Waals surface area contributed by atoms with E-state index < -0.39 is 0 Å². The molecule has 1 aromatic rings. The van der Waals surface area contributed by atoms with Gasteiger partial charge in [0.1, 0.15) is 10.8 Å². The van der Waals surface area contributed by atoms with Crippen molar-refractivity contribution in [2.75, 3.05) is 27.9 Å². The first-order valence-electron chi connectivity index (χ1n) is 6.64. The molecule has 4 nitrogen and oxygen atoms in total. The van der Waals surface area contributed by atoms with Crippen LogP contribution < -0.4 is 19.5 Å². The molecule has 5 heteroatoms. The molecule has 1 aliphatic rings. The molecule has 1 N–H and O–H groups in total. The van der Waals surface area contributed by atoms with Crippen LogP contribution in [0.15, 0.2) is 0 Å². The molecule has 1 aromatic carbocycles. The maximum Gasteiger partial charge on any atom is 0.183 e. The van der Waals surface area contributed by atoms with Gasteiger partial charge in [0, 0.05) is 29.1 Å². The van der Waals surface area contributed by atoms with Crippen molar-refractivity contribution in [1.29, 1.82) is 0 Å². The van der Waals surface area contributed by atoms with Crippen LogP contribution in [0.4, 0.5) is 0 Å². The largest absolute Gasteiger partial charge is 0.495 e. The Morgan fingerprint density at radius 1 is 1.05 bits per heavy atom. The second kappa shape index (κ2) is 5.34. The van der Waals surface area contributed by atoms with Gasteiger partial charge in [-0.2, -0.15) is 0 Å². The first-order chi connectivity index (χ1) is 9.38. The second-order valence-corrected chi connectivity index (χ2v) is 6.07. The Morgan fingerprint density at radius 3 is 2.10 bits per heavy atom. The van der Waals surface area contributed by atoms with E-state index in [2.05, 4.69) is 26.1 Å². The normalized spacial score (nSPS) is 20.2. The average Bonchev–Trinajstić information content (AvgIpc) is 2.41. The fourth-order valence-electron chi connectivity index (χ4n) is 2.93. The highest BCUT2D eigenvalue weighted by atomic mass is 35.5. The standard InChI is InChI=1S/C15H22ClNO3/c1-8-9-10(15(2,3)7-17-8)13(19-5)11(16)14(20-6)12(9)18-4/h8,17H,7H2,1-6H3. The molecule has 0 aliphatic carbocycles. The number of fused-ring (bicyclic) bond motifs is 1. The van der Waals surface area contributed by atoms with Gasteiger partial charge >= 0.3 is 0 Å². The van der Waals surface area contributed by atoms with E-state index in [1.165, 1.54) is 0 Å². The molecule has 0 aromatic heterocycles. The molecule has 0 bridgehead atoms. The van der Waals surface area contributed by atoms with Gasteiger partial charge in [0.2, 0.25) is 0 Å². The van der Waals surface area contributed by atoms with Crippen LogP contribution in [0.25, 0.3) is 0 Å². The minimum absolute atomic E-state index is 0.101. The van der Waals surface area contributed by atoms with Crippen molar-refractivity contribution in [3.8, 4) is 17.2 Å². The average molecular weight is 300 g/mol. The van der Waals surface area contributed by atoms with Crippen molar-refractivity contribution in [3.05, 3.63) is 16.1 Å². The van der Waals surface area contributed by atoms with Crippen LogP contribution >= 0.6 is 11.6 Å². The Morgan fingerprint density at radius 2 is 1.60 bits per heavy atom. The Kier molecular flexibility index (Phi) is 4.07. The Labute approximate surface area is 125 Å². The fraction of sp³-hybridized carbons (Fsp3) is 0.600. The molecule has 2 rings (SSSR count). The first kappa shape index (κ1) is 15.3. The first-order valence-corrected chi connectivity index (χ1v) is 7.02. The monoisotopic (exact) mass is 299 g/mol. The summed E-state index contributed by atoms with van der Waals surface area (Å²) in [5, 5.41) is 3.96. The summed E-state index contributed by atoms with van der Waals surface area (Å²) in [5.74, 6) is 1.88. The van der Waals surface area contributed by atoms with E-state index in [1.54, 1.807) is 21.3 Å². The molecule has 1 heterocycles. The lowest BCUT2D eigenvalue weighted by Crippen LogP contribution is -2.41. The molecular formula is C15H22ClNO3. The number of hydrogen-bond donors (Lipinski definition) is 1. The van der Waals surface area contributed by atoms with Gasteiger partial charge < -0.3 is 19.5 Å². The van der Waals surface area contributed by atoms with Gasteiger partial charge in [0.05, 0.1) is 21.3 Å². The Hall–Kier alpha value is -1.13.